The minimum absolute atomic E-state index is 0.0796. The zero-order valence-corrected chi connectivity index (χ0v) is 13.2. The number of H-pyrrole nitrogens is 1. The van der Waals surface area contributed by atoms with E-state index < -0.39 is 0 Å². The number of carbonyl (C=O) groups excluding carboxylic acids is 1. The second-order valence-electron chi connectivity index (χ2n) is 5.16. The lowest BCUT2D eigenvalue weighted by molar-refractivity contribution is 0.0988. The second kappa shape index (κ2) is 6.04. The Bertz CT molecular complexity index is 671. The largest absolute Gasteiger partial charge is 0.493 e. The molecule has 112 valence electrons. The molecule has 0 bridgehead atoms. The predicted octanol–water partition coefficient (Wildman–Crippen LogP) is 3.38. The molecule has 0 unspecified atom stereocenters. The number of aryl methyl sites for hydroxylation is 1. The van der Waals surface area contributed by atoms with Gasteiger partial charge in [-0.05, 0) is 49.6 Å². The molecule has 1 heterocycles. The molecule has 1 aromatic heterocycles. The summed E-state index contributed by atoms with van der Waals surface area (Å²) in [7, 11) is 3.18. The maximum absolute atomic E-state index is 12.5. The molecule has 0 saturated heterocycles. The highest BCUT2D eigenvalue weighted by atomic mass is 16.5. The van der Waals surface area contributed by atoms with Crippen molar-refractivity contribution in [3.05, 3.63) is 46.3 Å². The number of nitrogens with one attached hydrogen (secondary N) is 1. The number of Topliss-reactive ketones (excluding diaryl/α,β-unsaturated/α-hetero) is 1. The van der Waals surface area contributed by atoms with Crippen molar-refractivity contribution >= 4 is 5.78 Å². The van der Waals surface area contributed by atoms with E-state index in [-0.39, 0.29) is 5.78 Å². The molecule has 0 amide bonds. The van der Waals surface area contributed by atoms with Gasteiger partial charge in [0, 0.05) is 12.1 Å². The molecule has 0 aliphatic rings. The topological polar surface area (TPSA) is 51.3 Å². The number of aromatic amines is 1. The van der Waals surface area contributed by atoms with E-state index in [1.807, 2.05) is 39.0 Å². The zero-order chi connectivity index (χ0) is 15.6. The smallest absolute Gasteiger partial charge is 0.183 e. The first-order valence-corrected chi connectivity index (χ1v) is 6.87. The highest BCUT2D eigenvalue weighted by Crippen LogP contribution is 2.28. The highest BCUT2D eigenvalue weighted by molar-refractivity contribution is 5.97. The first-order valence-electron chi connectivity index (χ1n) is 6.87. The van der Waals surface area contributed by atoms with Gasteiger partial charge in [-0.15, -0.1) is 0 Å². The summed E-state index contributed by atoms with van der Waals surface area (Å²) in [6.07, 6.45) is 0.334. The number of ether oxygens (including phenoxy) is 2. The highest BCUT2D eigenvalue weighted by Gasteiger charge is 2.16. The summed E-state index contributed by atoms with van der Waals surface area (Å²) >= 11 is 0. The SMILES string of the molecule is COc1ccc(CC(=O)c2[nH]c(C)c(C)c2C)cc1OC. The van der Waals surface area contributed by atoms with Gasteiger partial charge in [0.25, 0.3) is 0 Å². The van der Waals surface area contributed by atoms with Crippen LogP contribution >= 0.6 is 0 Å². The Morgan fingerprint density at radius 1 is 1.05 bits per heavy atom. The third-order valence-corrected chi connectivity index (χ3v) is 3.90. The van der Waals surface area contributed by atoms with Crippen LogP contribution < -0.4 is 9.47 Å². The van der Waals surface area contributed by atoms with E-state index in [1.54, 1.807) is 14.2 Å². The fraction of sp³-hybridized carbons (Fsp3) is 0.353. The molecule has 1 aromatic carbocycles. The summed E-state index contributed by atoms with van der Waals surface area (Å²) < 4.78 is 10.5. The number of aromatic nitrogens is 1. The van der Waals surface area contributed by atoms with E-state index in [2.05, 4.69) is 4.98 Å². The summed E-state index contributed by atoms with van der Waals surface area (Å²) in [5.41, 5.74) is 4.81. The molecular weight excluding hydrogens is 266 g/mol. The van der Waals surface area contributed by atoms with E-state index >= 15 is 0 Å². The van der Waals surface area contributed by atoms with Crippen LogP contribution in [-0.2, 0) is 6.42 Å². The zero-order valence-electron chi connectivity index (χ0n) is 13.2. The molecular formula is C17H21NO3. The Labute approximate surface area is 125 Å². The number of ketones is 1. The van der Waals surface area contributed by atoms with Crippen LogP contribution in [0, 0.1) is 20.8 Å². The fourth-order valence-electron chi connectivity index (χ4n) is 2.39. The van der Waals surface area contributed by atoms with Gasteiger partial charge in [0.1, 0.15) is 0 Å². The number of hydrogen-bond donors (Lipinski definition) is 1. The van der Waals surface area contributed by atoms with Crippen molar-refractivity contribution in [2.45, 2.75) is 27.2 Å². The molecule has 2 aromatic rings. The normalized spacial score (nSPS) is 10.5. The molecule has 4 heteroatoms. The average molecular weight is 287 g/mol. The van der Waals surface area contributed by atoms with Crippen LogP contribution in [0.4, 0.5) is 0 Å². The number of hydrogen-bond acceptors (Lipinski definition) is 3. The first kappa shape index (κ1) is 15.2. The average Bonchev–Trinajstić information content (AvgIpc) is 2.74. The monoisotopic (exact) mass is 287 g/mol. The number of benzene rings is 1. The molecule has 0 aliphatic heterocycles. The van der Waals surface area contributed by atoms with Gasteiger partial charge in [-0.1, -0.05) is 6.07 Å². The molecule has 21 heavy (non-hydrogen) atoms. The maximum Gasteiger partial charge on any atom is 0.183 e. The molecule has 0 fully saturated rings. The second-order valence-corrected chi connectivity index (χ2v) is 5.16. The fourth-order valence-corrected chi connectivity index (χ4v) is 2.39. The van der Waals surface area contributed by atoms with E-state index in [0.29, 0.717) is 23.6 Å². The Morgan fingerprint density at radius 3 is 2.24 bits per heavy atom. The van der Waals surface area contributed by atoms with Crippen molar-refractivity contribution in [3.8, 4) is 11.5 Å². The summed E-state index contributed by atoms with van der Waals surface area (Å²) in [5, 5.41) is 0. The third-order valence-electron chi connectivity index (χ3n) is 3.90. The Hall–Kier alpha value is -2.23. The lowest BCUT2D eigenvalue weighted by Crippen LogP contribution is -2.06. The molecule has 1 N–H and O–H groups in total. The minimum atomic E-state index is 0.0796. The quantitative estimate of drug-likeness (QED) is 0.858. The lowest BCUT2D eigenvalue weighted by atomic mass is 10.0. The molecule has 4 nitrogen and oxygen atoms in total. The number of methoxy groups -OCH3 is 2. The molecule has 0 aliphatic carbocycles. The number of carbonyl (C=O) groups is 1. The van der Waals surface area contributed by atoms with E-state index in [9.17, 15) is 4.79 Å². The van der Waals surface area contributed by atoms with Gasteiger partial charge >= 0.3 is 0 Å². The molecule has 0 spiro atoms. The molecule has 0 radical (unpaired) electrons. The van der Waals surface area contributed by atoms with Crippen LogP contribution in [0.25, 0.3) is 0 Å². The van der Waals surface area contributed by atoms with Gasteiger partial charge in [0.2, 0.25) is 0 Å². The van der Waals surface area contributed by atoms with Gasteiger partial charge in [-0.2, -0.15) is 0 Å². The predicted molar refractivity (Wildman–Crippen MR) is 82.6 cm³/mol. The first-order chi connectivity index (χ1) is 9.97. The van der Waals surface area contributed by atoms with Crippen LogP contribution in [0.5, 0.6) is 11.5 Å². The molecule has 2 rings (SSSR count). The Kier molecular flexibility index (Phi) is 4.36. The van der Waals surface area contributed by atoms with Crippen molar-refractivity contribution in [3.63, 3.8) is 0 Å². The molecule has 0 saturated carbocycles. The van der Waals surface area contributed by atoms with E-state index in [0.717, 1.165) is 22.4 Å². The summed E-state index contributed by atoms with van der Waals surface area (Å²) in [6.45, 7) is 5.98. The van der Waals surface area contributed by atoms with Crippen molar-refractivity contribution in [2.75, 3.05) is 14.2 Å². The molecule has 0 atom stereocenters. The Morgan fingerprint density at radius 2 is 1.71 bits per heavy atom. The summed E-state index contributed by atoms with van der Waals surface area (Å²) in [5.74, 6) is 1.38. The summed E-state index contributed by atoms with van der Waals surface area (Å²) in [6, 6.07) is 5.55. The van der Waals surface area contributed by atoms with Gasteiger partial charge in [0.05, 0.1) is 19.9 Å². The maximum atomic E-state index is 12.5. The number of rotatable bonds is 5. The van der Waals surface area contributed by atoms with Crippen LogP contribution in [0.15, 0.2) is 18.2 Å². The summed E-state index contributed by atoms with van der Waals surface area (Å²) in [4.78, 5) is 15.6. The Balaban J connectivity index is 2.25. The minimum Gasteiger partial charge on any atom is -0.493 e. The van der Waals surface area contributed by atoms with Gasteiger partial charge in [-0.3, -0.25) is 4.79 Å². The van der Waals surface area contributed by atoms with Gasteiger partial charge in [0.15, 0.2) is 17.3 Å². The van der Waals surface area contributed by atoms with Crippen molar-refractivity contribution < 1.29 is 14.3 Å². The van der Waals surface area contributed by atoms with Crippen molar-refractivity contribution in [2.24, 2.45) is 0 Å². The van der Waals surface area contributed by atoms with Crippen LogP contribution in [0.3, 0.4) is 0 Å². The van der Waals surface area contributed by atoms with Crippen LogP contribution in [0.1, 0.15) is 32.9 Å². The van der Waals surface area contributed by atoms with Gasteiger partial charge in [-0.25, -0.2) is 0 Å². The van der Waals surface area contributed by atoms with E-state index in [1.165, 1.54) is 0 Å². The van der Waals surface area contributed by atoms with Gasteiger partial charge < -0.3 is 14.5 Å². The third kappa shape index (κ3) is 2.94. The van der Waals surface area contributed by atoms with E-state index in [4.69, 9.17) is 9.47 Å². The van der Waals surface area contributed by atoms with Crippen molar-refractivity contribution in [1.29, 1.82) is 0 Å². The lowest BCUT2D eigenvalue weighted by Gasteiger charge is -2.09. The standard InChI is InChI=1S/C17H21NO3/c1-10-11(2)17(18-12(10)3)14(19)8-13-6-7-15(20-4)16(9-13)21-5/h6-7,9,18H,8H2,1-5H3. The van der Waals surface area contributed by atoms with Crippen LogP contribution in [-0.4, -0.2) is 25.0 Å². The van der Waals surface area contributed by atoms with Crippen molar-refractivity contribution in [1.82, 2.24) is 4.98 Å². The van der Waals surface area contributed by atoms with Crippen LogP contribution in [0.2, 0.25) is 0 Å².